The normalized spacial score (nSPS) is 11.3. The Kier molecular flexibility index (Phi) is 1.88. The van der Waals surface area contributed by atoms with E-state index in [4.69, 9.17) is 4.42 Å². The molecule has 0 aliphatic heterocycles. The van der Waals surface area contributed by atoms with E-state index in [1.54, 1.807) is 6.07 Å². The van der Waals surface area contributed by atoms with E-state index in [0.717, 1.165) is 25.5 Å². The van der Waals surface area contributed by atoms with E-state index in [2.05, 4.69) is 22.6 Å². The van der Waals surface area contributed by atoms with Crippen LogP contribution in [0, 0.1) is 3.57 Å². The molecular weight excluding hydrogens is 303 g/mol. The molecular formula is C12H7IO2. The quantitative estimate of drug-likeness (QED) is 0.639. The maximum absolute atomic E-state index is 9.57. The van der Waals surface area contributed by atoms with Crippen molar-refractivity contribution in [3.63, 3.8) is 0 Å². The first-order chi connectivity index (χ1) is 7.27. The highest BCUT2D eigenvalue weighted by Gasteiger charge is 2.11. The minimum Gasteiger partial charge on any atom is -0.507 e. The fraction of sp³-hybridized carbons (Fsp3) is 0. The summed E-state index contributed by atoms with van der Waals surface area (Å²) in [6, 6.07) is 11.5. The van der Waals surface area contributed by atoms with Crippen LogP contribution in [-0.4, -0.2) is 5.11 Å². The van der Waals surface area contributed by atoms with E-state index >= 15 is 0 Å². The number of furan rings is 1. The smallest absolute Gasteiger partial charge is 0.152 e. The van der Waals surface area contributed by atoms with E-state index in [-0.39, 0.29) is 5.75 Å². The van der Waals surface area contributed by atoms with Crippen LogP contribution in [0.4, 0.5) is 0 Å². The number of para-hydroxylation sites is 1. The van der Waals surface area contributed by atoms with Gasteiger partial charge in [0.25, 0.3) is 0 Å². The molecule has 3 aromatic rings. The Morgan fingerprint density at radius 3 is 2.67 bits per heavy atom. The molecule has 74 valence electrons. The Morgan fingerprint density at radius 2 is 1.80 bits per heavy atom. The van der Waals surface area contributed by atoms with Gasteiger partial charge in [-0.1, -0.05) is 18.2 Å². The van der Waals surface area contributed by atoms with Crippen LogP contribution in [0.25, 0.3) is 21.9 Å². The second-order valence-electron chi connectivity index (χ2n) is 3.37. The van der Waals surface area contributed by atoms with Gasteiger partial charge in [-0.2, -0.15) is 0 Å². The third-order valence-electron chi connectivity index (χ3n) is 2.47. The third-order valence-corrected chi connectivity index (χ3v) is 3.51. The van der Waals surface area contributed by atoms with Gasteiger partial charge in [0.2, 0.25) is 0 Å². The van der Waals surface area contributed by atoms with Crippen LogP contribution in [-0.2, 0) is 0 Å². The standard InChI is InChI=1S/C12H7IO2/c13-11-9(14)6-5-8-7-3-1-2-4-10(7)15-12(8)11/h1-6,14H. The van der Waals surface area contributed by atoms with E-state index in [9.17, 15) is 5.11 Å². The Bertz CT molecular complexity index is 655. The molecule has 3 rings (SSSR count). The van der Waals surface area contributed by atoms with Crippen molar-refractivity contribution in [2.45, 2.75) is 0 Å². The first-order valence-electron chi connectivity index (χ1n) is 4.56. The second-order valence-corrected chi connectivity index (χ2v) is 4.45. The number of phenolic OH excluding ortho intramolecular Hbond substituents is 1. The molecule has 15 heavy (non-hydrogen) atoms. The molecule has 0 unspecified atom stereocenters. The van der Waals surface area contributed by atoms with Crippen LogP contribution in [0.2, 0.25) is 0 Å². The molecule has 0 saturated carbocycles. The fourth-order valence-corrected chi connectivity index (χ4v) is 2.33. The molecule has 0 saturated heterocycles. The number of phenols is 1. The molecule has 1 N–H and O–H groups in total. The summed E-state index contributed by atoms with van der Waals surface area (Å²) in [7, 11) is 0. The molecule has 3 heteroatoms. The summed E-state index contributed by atoms with van der Waals surface area (Å²) < 4.78 is 6.46. The van der Waals surface area contributed by atoms with Crippen LogP contribution < -0.4 is 0 Å². The maximum Gasteiger partial charge on any atom is 0.152 e. The van der Waals surface area contributed by atoms with Crippen molar-refractivity contribution in [2.75, 3.05) is 0 Å². The zero-order valence-corrected chi connectivity index (χ0v) is 9.86. The topological polar surface area (TPSA) is 33.4 Å². The summed E-state index contributed by atoms with van der Waals surface area (Å²) in [5.74, 6) is 0.266. The van der Waals surface area contributed by atoms with Gasteiger partial charge in [0.1, 0.15) is 11.3 Å². The highest BCUT2D eigenvalue weighted by atomic mass is 127. The highest BCUT2D eigenvalue weighted by Crippen LogP contribution is 2.35. The van der Waals surface area contributed by atoms with Crippen molar-refractivity contribution in [3.8, 4) is 5.75 Å². The SMILES string of the molecule is Oc1ccc2c(oc3ccccc32)c1I. The van der Waals surface area contributed by atoms with Crippen molar-refractivity contribution in [1.82, 2.24) is 0 Å². The summed E-state index contributed by atoms with van der Waals surface area (Å²) in [4.78, 5) is 0. The molecule has 0 atom stereocenters. The Hall–Kier alpha value is -1.23. The minimum atomic E-state index is 0.266. The summed E-state index contributed by atoms with van der Waals surface area (Å²) in [6.07, 6.45) is 0. The number of fused-ring (bicyclic) bond motifs is 3. The van der Waals surface area contributed by atoms with Crippen molar-refractivity contribution in [1.29, 1.82) is 0 Å². The van der Waals surface area contributed by atoms with Crippen LogP contribution in [0.1, 0.15) is 0 Å². The molecule has 0 radical (unpaired) electrons. The van der Waals surface area contributed by atoms with Crippen LogP contribution in [0.5, 0.6) is 5.75 Å². The van der Waals surface area contributed by atoms with Gasteiger partial charge in [-0.15, -0.1) is 0 Å². The molecule has 1 heterocycles. The number of hydrogen-bond donors (Lipinski definition) is 1. The van der Waals surface area contributed by atoms with Crippen molar-refractivity contribution in [2.24, 2.45) is 0 Å². The Morgan fingerprint density at radius 1 is 1.00 bits per heavy atom. The monoisotopic (exact) mass is 310 g/mol. The van der Waals surface area contributed by atoms with Gasteiger partial charge in [-0.3, -0.25) is 0 Å². The second kappa shape index (κ2) is 3.13. The number of halogens is 1. The number of hydrogen-bond acceptors (Lipinski definition) is 2. The van der Waals surface area contributed by atoms with Gasteiger partial charge in [0, 0.05) is 10.8 Å². The van der Waals surface area contributed by atoms with Gasteiger partial charge in [-0.05, 0) is 40.8 Å². The zero-order valence-electron chi connectivity index (χ0n) is 7.70. The van der Waals surface area contributed by atoms with E-state index in [0.29, 0.717) is 0 Å². The van der Waals surface area contributed by atoms with Crippen LogP contribution in [0.15, 0.2) is 40.8 Å². The molecule has 2 nitrogen and oxygen atoms in total. The lowest BCUT2D eigenvalue weighted by molar-refractivity contribution is 0.471. The average Bonchev–Trinajstić information content (AvgIpc) is 2.63. The molecule has 0 spiro atoms. The van der Waals surface area contributed by atoms with Crippen molar-refractivity contribution in [3.05, 3.63) is 40.0 Å². The van der Waals surface area contributed by atoms with Gasteiger partial charge in [0.05, 0.1) is 3.57 Å². The summed E-state index contributed by atoms with van der Waals surface area (Å²) in [5, 5.41) is 11.7. The summed E-state index contributed by atoms with van der Waals surface area (Å²) in [6.45, 7) is 0. The van der Waals surface area contributed by atoms with Crippen molar-refractivity contribution >= 4 is 44.5 Å². The van der Waals surface area contributed by atoms with Gasteiger partial charge >= 0.3 is 0 Å². The number of aromatic hydroxyl groups is 1. The lowest BCUT2D eigenvalue weighted by atomic mass is 10.1. The maximum atomic E-state index is 9.57. The molecule has 0 amide bonds. The highest BCUT2D eigenvalue weighted by molar-refractivity contribution is 14.1. The number of benzene rings is 2. The predicted molar refractivity (Wildman–Crippen MR) is 68.1 cm³/mol. The summed E-state index contributed by atoms with van der Waals surface area (Å²) in [5.41, 5.74) is 1.62. The van der Waals surface area contributed by atoms with Gasteiger partial charge in [-0.25, -0.2) is 0 Å². The first kappa shape index (κ1) is 9.03. The molecule has 0 bridgehead atoms. The van der Waals surface area contributed by atoms with Gasteiger partial charge < -0.3 is 9.52 Å². The predicted octanol–water partition coefficient (Wildman–Crippen LogP) is 3.90. The van der Waals surface area contributed by atoms with E-state index < -0.39 is 0 Å². The fourth-order valence-electron chi connectivity index (χ4n) is 1.75. The molecule has 0 aliphatic carbocycles. The Balaban J connectivity index is 2.60. The van der Waals surface area contributed by atoms with E-state index in [1.807, 2.05) is 30.3 Å². The number of rotatable bonds is 0. The van der Waals surface area contributed by atoms with Crippen LogP contribution in [0.3, 0.4) is 0 Å². The van der Waals surface area contributed by atoms with Gasteiger partial charge in [0.15, 0.2) is 5.58 Å². The molecule has 1 aromatic heterocycles. The Labute approximate surface area is 99.6 Å². The third kappa shape index (κ3) is 1.23. The van der Waals surface area contributed by atoms with Crippen molar-refractivity contribution < 1.29 is 9.52 Å². The molecule has 2 aromatic carbocycles. The molecule has 0 fully saturated rings. The first-order valence-corrected chi connectivity index (χ1v) is 5.64. The lowest BCUT2D eigenvalue weighted by Gasteiger charge is -1.95. The summed E-state index contributed by atoms with van der Waals surface area (Å²) >= 11 is 2.09. The lowest BCUT2D eigenvalue weighted by Crippen LogP contribution is -1.73. The van der Waals surface area contributed by atoms with E-state index in [1.165, 1.54) is 0 Å². The largest absolute Gasteiger partial charge is 0.507 e. The molecule has 0 aliphatic rings. The zero-order chi connectivity index (χ0) is 10.4. The minimum absolute atomic E-state index is 0.266. The van der Waals surface area contributed by atoms with Crippen LogP contribution >= 0.6 is 22.6 Å². The average molecular weight is 310 g/mol.